The van der Waals surface area contributed by atoms with Crippen LogP contribution in [0.4, 0.5) is 26.3 Å². The minimum absolute atomic E-state index is 0.0912. The van der Waals surface area contributed by atoms with E-state index < -0.39 is 18.0 Å². The molecule has 0 bridgehead atoms. The van der Waals surface area contributed by atoms with E-state index in [0.717, 1.165) is 76.7 Å². The Bertz CT molecular complexity index is 817. The van der Waals surface area contributed by atoms with Crippen LogP contribution >= 0.6 is 0 Å². The van der Waals surface area contributed by atoms with Gasteiger partial charge in [-0.05, 0) is 100 Å². The fourth-order valence-corrected chi connectivity index (χ4v) is 6.05. The van der Waals surface area contributed by atoms with E-state index in [1.165, 1.54) is 11.1 Å². The molecular weight excluding hydrogens is 518 g/mol. The van der Waals surface area contributed by atoms with Gasteiger partial charge in [-0.1, -0.05) is 70.4 Å². The van der Waals surface area contributed by atoms with Gasteiger partial charge in [0.1, 0.15) is 0 Å². The van der Waals surface area contributed by atoms with E-state index in [2.05, 4.69) is 32.9 Å². The predicted molar refractivity (Wildman–Crippen MR) is 146 cm³/mol. The smallest absolute Gasteiger partial charge is 0.393 e. The van der Waals surface area contributed by atoms with Gasteiger partial charge in [0.25, 0.3) is 5.60 Å². The molecule has 0 amide bonds. The van der Waals surface area contributed by atoms with Gasteiger partial charge in [-0.25, -0.2) is 0 Å². The molecule has 8 heteroatoms. The van der Waals surface area contributed by atoms with Crippen molar-refractivity contribution in [2.75, 3.05) is 0 Å². The van der Waals surface area contributed by atoms with Gasteiger partial charge >= 0.3 is 12.4 Å². The summed E-state index contributed by atoms with van der Waals surface area (Å²) in [5.41, 5.74) is -2.77. The van der Waals surface area contributed by atoms with Crippen molar-refractivity contribution in [3.05, 3.63) is 35.5 Å². The van der Waals surface area contributed by atoms with Gasteiger partial charge < -0.3 is 10.2 Å². The minimum atomic E-state index is -5.83. The van der Waals surface area contributed by atoms with Gasteiger partial charge in [-0.3, -0.25) is 0 Å². The third kappa shape index (κ3) is 9.94. The summed E-state index contributed by atoms with van der Waals surface area (Å²) in [5, 5.41) is 19.3. The van der Waals surface area contributed by atoms with Crippen molar-refractivity contribution in [2.24, 2.45) is 16.7 Å². The molecule has 2 atom stereocenters. The summed E-state index contributed by atoms with van der Waals surface area (Å²) >= 11 is 0. The predicted octanol–water partition coefficient (Wildman–Crippen LogP) is 10.0. The second-order valence-corrected chi connectivity index (χ2v) is 12.0. The second kappa shape index (κ2) is 14.6. The number of halogens is 6. The molecule has 0 spiro atoms. The number of aliphatic hydroxyl groups excluding tert-OH is 1. The van der Waals surface area contributed by atoms with Gasteiger partial charge in [0, 0.05) is 0 Å². The molecule has 1 unspecified atom stereocenters. The normalized spacial score (nSPS) is 22.6. The van der Waals surface area contributed by atoms with Crippen molar-refractivity contribution in [3.63, 3.8) is 0 Å². The van der Waals surface area contributed by atoms with Crippen molar-refractivity contribution in [2.45, 2.75) is 143 Å². The monoisotopic (exact) mass is 568 g/mol. The zero-order valence-corrected chi connectivity index (χ0v) is 24.6. The fourth-order valence-electron chi connectivity index (χ4n) is 6.05. The second-order valence-electron chi connectivity index (χ2n) is 12.0. The van der Waals surface area contributed by atoms with Crippen molar-refractivity contribution < 1.29 is 36.6 Å². The highest BCUT2D eigenvalue weighted by atomic mass is 19.4. The van der Waals surface area contributed by atoms with Crippen LogP contribution in [0.1, 0.15) is 119 Å². The Hall–Kier alpha value is -1.28. The standard InChI is InChI=1S/C29H44F6O2.C2H6/c1-5-9-24(26(18-19-26)16-8-17-27(37,28(30,31)32)29(33,34)35)25(3,4)15-7-10-21(2)13-14-22-11-6-12-23(36)20-22;1-2/h8,13-14,17,23-24,36-37H,5-7,9-12,15-16,18-20H2,1-4H3;1-2H3/b17-8+,21-13-,22-14-;/t23-,24?;/m0./s1. The molecule has 2 N–H and O–H groups in total. The topological polar surface area (TPSA) is 40.5 Å². The van der Waals surface area contributed by atoms with Gasteiger partial charge in [-0.2, -0.15) is 26.3 Å². The molecule has 0 saturated heterocycles. The molecule has 0 aromatic carbocycles. The molecule has 2 aliphatic carbocycles. The number of allylic oxidation sites excluding steroid dienone is 4. The molecule has 228 valence electrons. The first kappa shape index (κ1) is 35.7. The maximum atomic E-state index is 13.0. The Morgan fingerprint density at radius 2 is 1.67 bits per heavy atom. The number of rotatable bonds is 12. The largest absolute Gasteiger partial charge is 0.429 e. The first-order valence-corrected chi connectivity index (χ1v) is 14.5. The molecule has 0 heterocycles. The van der Waals surface area contributed by atoms with Crippen LogP contribution < -0.4 is 0 Å². The molecule has 39 heavy (non-hydrogen) atoms. The summed E-state index contributed by atoms with van der Waals surface area (Å²) < 4.78 is 78.3. The number of alkyl halides is 6. The molecule has 0 aromatic rings. The molecular formula is C31H50F6O2. The highest BCUT2D eigenvalue weighted by molar-refractivity contribution is 5.19. The number of aliphatic hydroxyl groups is 2. The Kier molecular flexibility index (Phi) is 13.3. The van der Waals surface area contributed by atoms with Gasteiger partial charge in [0.15, 0.2) is 0 Å². The molecule has 0 radical (unpaired) electrons. The lowest BCUT2D eigenvalue weighted by atomic mass is 9.64. The summed E-state index contributed by atoms with van der Waals surface area (Å²) in [6, 6.07) is 0. The van der Waals surface area contributed by atoms with E-state index >= 15 is 0 Å². The summed E-state index contributed by atoms with van der Waals surface area (Å²) in [7, 11) is 0. The third-order valence-electron chi connectivity index (χ3n) is 8.43. The first-order valence-electron chi connectivity index (χ1n) is 14.5. The van der Waals surface area contributed by atoms with Crippen LogP contribution in [0.5, 0.6) is 0 Å². The van der Waals surface area contributed by atoms with E-state index in [4.69, 9.17) is 0 Å². The molecule has 0 aromatic heterocycles. The summed E-state index contributed by atoms with van der Waals surface area (Å²) in [6.45, 7) is 12.4. The zero-order chi connectivity index (χ0) is 30.1. The number of hydrogen-bond acceptors (Lipinski definition) is 2. The Morgan fingerprint density at radius 3 is 2.15 bits per heavy atom. The highest BCUT2D eigenvalue weighted by Gasteiger charge is 2.69. The third-order valence-corrected chi connectivity index (χ3v) is 8.43. The van der Waals surface area contributed by atoms with E-state index in [1.54, 1.807) is 0 Å². The molecule has 0 aliphatic heterocycles. The van der Waals surface area contributed by atoms with Crippen molar-refractivity contribution in [3.8, 4) is 0 Å². The zero-order valence-electron chi connectivity index (χ0n) is 24.6. The lowest BCUT2D eigenvalue weighted by molar-refractivity contribution is -0.347. The molecule has 2 rings (SSSR count). The Labute approximate surface area is 231 Å². The average Bonchev–Trinajstić information content (AvgIpc) is 3.61. The maximum Gasteiger partial charge on any atom is 0.429 e. The lowest BCUT2D eigenvalue weighted by Gasteiger charge is -2.41. The van der Waals surface area contributed by atoms with Gasteiger partial charge in [0.05, 0.1) is 6.10 Å². The van der Waals surface area contributed by atoms with E-state index in [9.17, 15) is 36.6 Å². The average molecular weight is 569 g/mol. The van der Waals surface area contributed by atoms with Crippen LogP contribution in [0, 0.1) is 16.7 Å². The van der Waals surface area contributed by atoms with Gasteiger partial charge in [0.2, 0.25) is 0 Å². The number of hydrogen-bond donors (Lipinski definition) is 2. The van der Waals surface area contributed by atoms with Crippen molar-refractivity contribution in [1.29, 1.82) is 0 Å². The van der Waals surface area contributed by atoms with Gasteiger partial charge in [-0.15, -0.1) is 0 Å². The van der Waals surface area contributed by atoms with Crippen LogP contribution in [-0.2, 0) is 0 Å². The van der Waals surface area contributed by atoms with Crippen LogP contribution in [0.15, 0.2) is 35.5 Å². The fraction of sp³-hybridized carbons (Fsp3) is 0.806. The summed E-state index contributed by atoms with van der Waals surface area (Å²) in [6.07, 6.45) is 2.85. The van der Waals surface area contributed by atoms with Crippen molar-refractivity contribution in [1.82, 2.24) is 0 Å². The first-order chi connectivity index (χ1) is 18.0. The molecule has 2 saturated carbocycles. The quantitative estimate of drug-likeness (QED) is 0.182. The Morgan fingerprint density at radius 1 is 1.08 bits per heavy atom. The van der Waals surface area contributed by atoms with E-state index in [0.29, 0.717) is 0 Å². The van der Waals surface area contributed by atoms with Crippen LogP contribution in [0.25, 0.3) is 0 Å². The molecule has 2 nitrogen and oxygen atoms in total. The van der Waals surface area contributed by atoms with Crippen molar-refractivity contribution >= 4 is 0 Å². The molecule has 2 fully saturated rings. The van der Waals surface area contributed by atoms with E-state index in [1.807, 2.05) is 20.8 Å². The summed E-state index contributed by atoms with van der Waals surface area (Å²) in [5.74, 6) is 0.162. The van der Waals surface area contributed by atoms with Crippen LogP contribution in [0.3, 0.4) is 0 Å². The van der Waals surface area contributed by atoms with Crippen LogP contribution in [-0.4, -0.2) is 34.3 Å². The lowest BCUT2D eigenvalue weighted by Crippen LogP contribution is -2.55. The minimum Gasteiger partial charge on any atom is -0.393 e. The summed E-state index contributed by atoms with van der Waals surface area (Å²) in [4.78, 5) is 0. The highest BCUT2D eigenvalue weighted by Crippen LogP contribution is 2.62. The molecule has 2 aliphatic rings. The van der Waals surface area contributed by atoms with Crippen LogP contribution in [0.2, 0.25) is 0 Å². The SMILES string of the molecule is CC.CCCC(C(C)(C)CCC/C(C)=C\C=C1\CCC[C@H](O)C1)C1(C/C=C/C(O)(C(F)(F)F)C(F)(F)F)CC1. The Balaban J connectivity index is 0.00000371. The maximum absolute atomic E-state index is 13.0. The van der Waals surface area contributed by atoms with E-state index in [-0.39, 0.29) is 35.3 Å².